The fraction of sp³-hybridized carbons (Fsp3) is 1.00. The highest BCUT2D eigenvalue weighted by molar-refractivity contribution is 4.88. The van der Waals surface area contributed by atoms with Crippen molar-refractivity contribution in [3.05, 3.63) is 0 Å². The monoisotopic (exact) mass is 155 g/mol. The molecule has 64 valence electrons. The first-order valence-corrected chi connectivity index (χ1v) is 4.69. The molecule has 2 fully saturated rings. The van der Waals surface area contributed by atoms with Crippen LogP contribution in [0.3, 0.4) is 0 Å². The molecule has 1 saturated heterocycles. The number of aliphatic hydroxyl groups excluding tert-OH is 1. The lowest BCUT2D eigenvalue weighted by Gasteiger charge is -2.23. The molecule has 2 aliphatic rings. The Morgan fingerprint density at radius 3 is 2.55 bits per heavy atom. The van der Waals surface area contributed by atoms with E-state index in [0.717, 1.165) is 31.5 Å². The second kappa shape index (κ2) is 2.76. The predicted molar refractivity (Wildman–Crippen MR) is 44.4 cm³/mol. The maximum Gasteiger partial charge on any atom is 0.0679 e. The summed E-state index contributed by atoms with van der Waals surface area (Å²) in [5.74, 6) is 0.945. The van der Waals surface area contributed by atoms with Gasteiger partial charge >= 0.3 is 0 Å². The Morgan fingerprint density at radius 2 is 2.09 bits per heavy atom. The summed E-state index contributed by atoms with van der Waals surface area (Å²) in [5, 5.41) is 9.31. The molecule has 2 atom stereocenters. The van der Waals surface area contributed by atoms with Gasteiger partial charge in [0.05, 0.1) is 6.10 Å². The smallest absolute Gasteiger partial charge is 0.0679 e. The molecule has 1 aliphatic carbocycles. The van der Waals surface area contributed by atoms with Crippen molar-refractivity contribution in [3.63, 3.8) is 0 Å². The molecule has 1 N–H and O–H groups in total. The van der Waals surface area contributed by atoms with E-state index >= 15 is 0 Å². The third kappa shape index (κ3) is 1.57. The van der Waals surface area contributed by atoms with Crippen molar-refractivity contribution in [2.75, 3.05) is 13.1 Å². The highest BCUT2D eigenvalue weighted by Gasteiger charge is 2.34. The van der Waals surface area contributed by atoms with E-state index in [-0.39, 0.29) is 6.10 Å². The fourth-order valence-corrected chi connectivity index (χ4v) is 2.01. The summed E-state index contributed by atoms with van der Waals surface area (Å²) in [6.45, 7) is 4.33. The lowest BCUT2D eigenvalue weighted by atomic mass is 10.2. The van der Waals surface area contributed by atoms with Crippen molar-refractivity contribution in [1.29, 1.82) is 0 Å². The topological polar surface area (TPSA) is 23.5 Å². The van der Waals surface area contributed by atoms with Crippen LogP contribution in [0.2, 0.25) is 0 Å². The lowest BCUT2D eigenvalue weighted by Crippen LogP contribution is -2.33. The zero-order valence-electron chi connectivity index (χ0n) is 7.16. The van der Waals surface area contributed by atoms with E-state index in [0.29, 0.717) is 0 Å². The second-order valence-corrected chi connectivity index (χ2v) is 4.02. The number of aliphatic hydroxyl groups is 1. The third-order valence-electron chi connectivity index (χ3n) is 3.07. The highest BCUT2D eigenvalue weighted by Crippen LogP contribution is 2.36. The summed E-state index contributed by atoms with van der Waals surface area (Å²) in [6, 6.07) is 0.729. The molecule has 2 rings (SSSR count). The van der Waals surface area contributed by atoms with E-state index in [1.807, 2.05) is 0 Å². The normalized spacial score (nSPS) is 36.0. The van der Waals surface area contributed by atoms with E-state index < -0.39 is 0 Å². The fourth-order valence-electron chi connectivity index (χ4n) is 2.01. The Kier molecular flexibility index (Phi) is 1.90. The number of likely N-dealkylation sites (tertiary alicyclic amines) is 1. The van der Waals surface area contributed by atoms with E-state index in [4.69, 9.17) is 0 Å². The average molecular weight is 155 g/mol. The Balaban J connectivity index is 1.84. The van der Waals surface area contributed by atoms with Crippen LogP contribution in [0.15, 0.2) is 0 Å². The van der Waals surface area contributed by atoms with Gasteiger partial charge in [0, 0.05) is 19.1 Å². The standard InChI is InChI=1S/C9H17NO/c1-7(8-2-3-8)10-5-4-9(11)6-10/h7-9,11H,2-6H2,1H3/t7?,9-/m1/s1. The molecule has 1 unspecified atom stereocenters. The number of nitrogens with zero attached hydrogens (tertiary/aromatic N) is 1. The van der Waals surface area contributed by atoms with E-state index in [1.54, 1.807) is 0 Å². The van der Waals surface area contributed by atoms with Gasteiger partial charge in [0.25, 0.3) is 0 Å². The molecule has 0 bridgehead atoms. The molecular formula is C9H17NO. The largest absolute Gasteiger partial charge is 0.392 e. The molecule has 0 aromatic heterocycles. The molecule has 2 heteroatoms. The van der Waals surface area contributed by atoms with Gasteiger partial charge in [-0.05, 0) is 32.1 Å². The third-order valence-corrected chi connectivity index (χ3v) is 3.07. The van der Waals surface area contributed by atoms with Crippen molar-refractivity contribution < 1.29 is 5.11 Å². The SMILES string of the molecule is CC(C1CC1)N1CC[C@@H](O)C1. The summed E-state index contributed by atoms with van der Waals surface area (Å²) < 4.78 is 0. The lowest BCUT2D eigenvalue weighted by molar-refractivity contribution is 0.157. The van der Waals surface area contributed by atoms with E-state index in [1.165, 1.54) is 12.8 Å². The van der Waals surface area contributed by atoms with Gasteiger partial charge in [-0.3, -0.25) is 4.90 Å². The first-order chi connectivity index (χ1) is 5.27. The maximum absolute atomic E-state index is 9.31. The number of hydrogen-bond acceptors (Lipinski definition) is 2. The van der Waals surface area contributed by atoms with Crippen molar-refractivity contribution in [2.45, 2.75) is 38.3 Å². The predicted octanol–water partition coefficient (Wildman–Crippen LogP) is 0.851. The van der Waals surface area contributed by atoms with Crippen LogP contribution in [0.1, 0.15) is 26.2 Å². The molecule has 0 aromatic carbocycles. The van der Waals surface area contributed by atoms with E-state index in [2.05, 4.69) is 11.8 Å². The minimum Gasteiger partial charge on any atom is -0.392 e. The van der Waals surface area contributed by atoms with Crippen LogP contribution in [0.4, 0.5) is 0 Å². The molecule has 1 saturated carbocycles. The van der Waals surface area contributed by atoms with Crippen LogP contribution in [0.25, 0.3) is 0 Å². The van der Waals surface area contributed by atoms with Gasteiger partial charge in [0.1, 0.15) is 0 Å². The van der Waals surface area contributed by atoms with Gasteiger partial charge < -0.3 is 5.11 Å². The zero-order chi connectivity index (χ0) is 7.84. The van der Waals surface area contributed by atoms with Crippen LogP contribution < -0.4 is 0 Å². The summed E-state index contributed by atoms with van der Waals surface area (Å²) in [5.41, 5.74) is 0. The molecule has 1 aliphatic heterocycles. The van der Waals surface area contributed by atoms with Crippen molar-refractivity contribution in [1.82, 2.24) is 4.90 Å². The van der Waals surface area contributed by atoms with Crippen molar-refractivity contribution in [3.8, 4) is 0 Å². The highest BCUT2D eigenvalue weighted by atomic mass is 16.3. The first kappa shape index (κ1) is 7.56. The van der Waals surface area contributed by atoms with Crippen LogP contribution >= 0.6 is 0 Å². The number of rotatable bonds is 2. The number of β-amino-alcohol motifs (C(OH)–C–C–N with tert-alkyl or cyclic N) is 1. The van der Waals surface area contributed by atoms with Crippen LogP contribution in [-0.2, 0) is 0 Å². The zero-order valence-corrected chi connectivity index (χ0v) is 7.16. The molecule has 0 spiro atoms. The molecule has 0 aromatic rings. The molecule has 2 nitrogen and oxygen atoms in total. The second-order valence-electron chi connectivity index (χ2n) is 4.02. The Hall–Kier alpha value is -0.0800. The van der Waals surface area contributed by atoms with Gasteiger partial charge in [-0.15, -0.1) is 0 Å². The molecule has 1 heterocycles. The van der Waals surface area contributed by atoms with Gasteiger partial charge in [-0.25, -0.2) is 0 Å². The summed E-state index contributed by atoms with van der Waals surface area (Å²) in [7, 11) is 0. The first-order valence-electron chi connectivity index (χ1n) is 4.69. The Bertz CT molecular complexity index is 144. The Morgan fingerprint density at radius 1 is 1.36 bits per heavy atom. The molecule has 11 heavy (non-hydrogen) atoms. The minimum atomic E-state index is -0.0452. The van der Waals surface area contributed by atoms with Gasteiger partial charge in [-0.2, -0.15) is 0 Å². The summed E-state index contributed by atoms with van der Waals surface area (Å²) in [4.78, 5) is 2.43. The van der Waals surface area contributed by atoms with Crippen molar-refractivity contribution >= 4 is 0 Å². The van der Waals surface area contributed by atoms with Gasteiger partial charge in [-0.1, -0.05) is 0 Å². The maximum atomic E-state index is 9.31. The Labute approximate surface area is 68.2 Å². The minimum absolute atomic E-state index is 0.0452. The van der Waals surface area contributed by atoms with Gasteiger partial charge in [0.15, 0.2) is 0 Å². The van der Waals surface area contributed by atoms with Crippen LogP contribution in [0.5, 0.6) is 0 Å². The summed E-state index contributed by atoms with van der Waals surface area (Å²) in [6.07, 6.45) is 3.76. The van der Waals surface area contributed by atoms with Crippen LogP contribution in [-0.4, -0.2) is 35.2 Å². The van der Waals surface area contributed by atoms with Crippen molar-refractivity contribution in [2.24, 2.45) is 5.92 Å². The van der Waals surface area contributed by atoms with Crippen LogP contribution in [0, 0.1) is 5.92 Å². The quantitative estimate of drug-likeness (QED) is 0.639. The molecule has 0 amide bonds. The van der Waals surface area contributed by atoms with E-state index in [9.17, 15) is 5.11 Å². The van der Waals surface area contributed by atoms with Gasteiger partial charge in [0.2, 0.25) is 0 Å². The molecular weight excluding hydrogens is 138 g/mol. The number of hydrogen-bond donors (Lipinski definition) is 1. The summed E-state index contributed by atoms with van der Waals surface area (Å²) >= 11 is 0. The molecule has 0 radical (unpaired) electrons. The average Bonchev–Trinajstić information content (AvgIpc) is 2.74.